The van der Waals surface area contributed by atoms with Crippen LogP contribution in [0.25, 0.3) is 12.2 Å². The van der Waals surface area contributed by atoms with Crippen LogP contribution in [0.15, 0.2) is 60.8 Å². The van der Waals surface area contributed by atoms with Crippen molar-refractivity contribution < 1.29 is 32.9 Å². The molecule has 0 saturated heterocycles. The van der Waals surface area contributed by atoms with E-state index in [0.717, 1.165) is 11.1 Å². The SMILES string of the molecule is COc1cc(/C=C\c2ccc(OC)c(OC)c2N/C=C\C(=O)c2ccc(F)cc2)cc(OC)c1OC. The van der Waals surface area contributed by atoms with Gasteiger partial charge in [0.25, 0.3) is 0 Å². The summed E-state index contributed by atoms with van der Waals surface area (Å²) in [5.41, 5.74) is 2.53. The Labute approximate surface area is 209 Å². The van der Waals surface area contributed by atoms with Gasteiger partial charge in [0.1, 0.15) is 5.82 Å². The monoisotopic (exact) mass is 493 g/mol. The fraction of sp³-hybridized carbons (Fsp3) is 0.179. The predicted molar refractivity (Wildman–Crippen MR) is 138 cm³/mol. The molecule has 3 aromatic carbocycles. The lowest BCUT2D eigenvalue weighted by atomic mass is 10.1. The summed E-state index contributed by atoms with van der Waals surface area (Å²) >= 11 is 0. The maximum absolute atomic E-state index is 13.1. The summed E-state index contributed by atoms with van der Waals surface area (Å²) in [5, 5.41) is 3.12. The Morgan fingerprint density at radius 3 is 1.92 bits per heavy atom. The quantitative estimate of drug-likeness (QED) is 0.204. The van der Waals surface area contributed by atoms with Crippen LogP contribution in [0.5, 0.6) is 28.7 Å². The van der Waals surface area contributed by atoms with Gasteiger partial charge in [0.2, 0.25) is 5.75 Å². The van der Waals surface area contributed by atoms with E-state index in [4.69, 9.17) is 23.7 Å². The van der Waals surface area contributed by atoms with Gasteiger partial charge >= 0.3 is 0 Å². The normalized spacial score (nSPS) is 10.9. The molecule has 0 fully saturated rings. The molecule has 0 unspecified atom stereocenters. The van der Waals surface area contributed by atoms with E-state index in [1.54, 1.807) is 34.5 Å². The Kier molecular flexibility index (Phi) is 8.94. The first-order valence-corrected chi connectivity index (χ1v) is 10.9. The standard InChI is InChI=1S/C28H28FNO6/c1-32-23-13-10-20(7-6-18-16-24(33-2)27(35-4)25(17-18)34-3)26(28(23)36-5)30-15-14-22(31)19-8-11-21(29)12-9-19/h6-17,30H,1-5H3/b7-6-,15-14-. The van der Waals surface area contributed by atoms with Crippen molar-refractivity contribution in [1.82, 2.24) is 0 Å². The zero-order chi connectivity index (χ0) is 26.1. The van der Waals surface area contributed by atoms with E-state index in [0.29, 0.717) is 40.0 Å². The van der Waals surface area contributed by atoms with Gasteiger partial charge in [-0.3, -0.25) is 4.79 Å². The number of anilines is 1. The van der Waals surface area contributed by atoms with Gasteiger partial charge in [-0.1, -0.05) is 12.2 Å². The number of benzene rings is 3. The van der Waals surface area contributed by atoms with Gasteiger partial charge in [-0.15, -0.1) is 0 Å². The van der Waals surface area contributed by atoms with E-state index in [-0.39, 0.29) is 5.78 Å². The lowest BCUT2D eigenvalue weighted by Crippen LogP contribution is -2.01. The van der Waals surface area contributed by atoms with Gasteiger partial charge in [-0.2, -0.15) is 0 Å². The van der Waals surface area contributed by atoms with Crippen LogP contribution in [0.3, 0.4) is 0 Å². The average Bonchev–Trinajstić information content (AvgIpc) is 2.91. The van der Waals surface area contributed by atoms with E-state index in [1.165, 1.54) is 43.7 Å². The average molecular weight is 494 g/mol. The third-order valence-electron chi connectivity index (χ3n) is 5.31. The van der Waals surface area contributed by atoms with E-state index >= 15 is 0 Å². The van der Waals surface area contributed by atoms with Gasteiger partial charge in [-0.25, -0.2) is 4.39 Å². The van der Waals surface area contributed by atoms with Crippen LogP contribution in [0.1, 0.15) is 21.5 Å². The summed E-state index contributed by atoms with van der Waals surface area (Å²) < 4.78 is 40.4. The van der Waals surface area contributed by atoms with Crippen LogP contribution in [-0.4, -0.2) is 41.3 Å². The first kappa shape index (κ1) is 26.2. The number of carbonyl (C=O) groups is 1. The molecule has 0 heterocycles. The number of methoxy groups -OCH3 is 5. The lowest BCUT2D eigenvalue weighted by molar-refractivity contribution is 0.104. The summed E-state index contributed by atoms with van der Waals surface area (Å²) in [7, 11) is 7.73. The minimum atomic E-state index is -0.404. The Balaban J connectivity index is 1.95. The molecule has 1 N–H and O–H groups in total. The highest BCUT2D eigenvalue weighted by Crippen LogP contribution is 2.40. The number of carbonyl (C=O) groups excluding carboxylic acids is 1. The van der Waals surface area contributed by atoms with Gasteiger partial charge < -0.3 is 29.0 Å². The van der Waals surface area contributed by atoms with Crippen LogP contribution < -0.4 is 29.0 Å². The predicted octanol–water partition coefficient (Wildman–Crippen LogP) is 5.85. The van der Waals surface area contributed by atoms with Crippen LogP contribution in [0, 0.1) is 5.82 Å². The number of hydrogen-bond acceptors (Lipinski definition) is 7. The third-order valence-corrected chi connectivity index (χ3v) is 5.31. The van der Waals surface area contributed by atoms with Crippen molar-refractivity contribution in [1.29, 1.82) is 0 Å². The number of rotatable bonds is 11. The molecular weight excluding hydrogens is 465 g/mol. The molecule has 0 bridgehead atoms. The topological polar surface area (TPSA) is 75.2 Å². The van der Waals surface area contributed by atoms with E-state index < -0.39 is 5.82 Å². The molecule has 3 aromatic rings. The molecule has 0 spiro atoms. The van der Waals surface area contributed by atoms with Gasteiger partial charge in [-0.05, 0) is 54.1 Å². The molecule has 7 nitrogen and oxygen atoms in total. The summed E-state index contributed by atoms with van der Waals surface area (Å²) in [4.78, 5) is 12.4. The molecule has 3 rings (SSSR count). The number of hydrogen-bond donors (Lipinski definition) is 1. The Hall–Kier alpha value is -4.46. The van der Waals surface area contributed by atoms with E-state index in [2.05, 4.69) is 5.32 Å². The molecule has 0 aliphatic rings. The number of ether oxygens (including phenoxy) is 5. The molecule has 36 heavy (non-hydrogen) atoms. The summed E-state index contributed by atoms with van der Waals surface area (Å²) in [6.07, 6.45) is 6.61. The van der Waals surface area contributed by atoms with Gasteiger partial charge in [0.15, 0.2) is 28.8 Å². The molecule has 0 atom stereocenters. The molecular formula is C28H28FNO6. The Morgan fingerprint density at radius 1 is 0.750 bits per heavy atom. The van der Waals surface area contributed by atoms with Crippen molar-refractivity contribution in [3.05, 3.63) is 83.3 Å². The molecule has 0 aliphatic heterocycles. The fourth-order valence-electron chi connectivity index (χ4n) is 3.52. The number of halogens is 1. The molecule has 0 aromatic heterocycles. The highest BCUT2D eigenvalue weighted by atomic mass is 19.1. The molecule has 0 aliphatic carbocycles. The lowest BCUT2D eigenvalue weighted by Gasteiger charge is -2.15. The molecule has 0 saturated carbocycles. The fourth-order valence-corrected chi connectivity index (χ4v) is 3.52. The first-order valence-electron chi connectivity index (χ1n) is 10.9. The maximum atomic E-state index is 13.1. The van der Waals surface area contributed by atoms with Crippen molar-refractivity contribution in [2.24, 2.45) is 0 Å². The number of nitrogens with one attached hydrogen (secondary N) is 1. The van der Waals surface area contributed by atoms with Gasteiger partial charge in [0, 0.05) is 23.4 Å². The summed E-state index contributed by atoms with van der Waals surface area (Å²) in [5.74, 6) is 1.86. The van der Waals surface area contributed by atoms with Crippen LogP contribution in [0.4, 0.5) is 10.1 Å². The maximum Gasteiger partial charge on any atom is 0.203 e. The second kappa shape index (κ2) is 12.3. The van der Waals surface area contributed by atoms with Crippen LogP contribution in [0.2, 0.25) is 0 Å². The Morgan fingerprint density at radius 2 is 1.36 bits per heavy atom. The molecule has 0 amide bonds. The van der Waals surface area contributed by atoms with Crippen molar-refractivity contribution >= 4 is 23.6 Å². The zero-order valence-electron chi connectivity index (χ0n) is 20.8. The van der Waals surface area contributed by atoms with E-state index in [9.17, 15) is 9.18 Å². The highest BCUT2D eigenvalue weighted by molar-refractivity contribution is 6.04. The molecule has 8 heteroatoms. The minimum Gasteiger partial charge on any atom is -0.493 e. The molecule has 0 radical (unpaired) electrons. The van der Waals surface area contributed by atoms with Crippen molar-refractivity contribution in [3.8, 4) is 28.7 Å². The van der Waals surface area contributed by atoms with Crippen molar-refractivity contribution in [2.75, 3.05) is 40.9 Å². The smallest absolute Gasteiger partial charge is 0.203 e. The van der Waals surface area contributed by atoms with Gasteiger partial charge in [0.05, 0.1) is 41.2 Å². The van der Waals surface area contributed by atoms with Crippen LogP contribution >= 0.6 is 0 Å². The number of ketones is 1. The third kappa shape index (κ3) is 5.96. The summed E-state index contributed by atoms with van der Waals surface area (Å²) in [6.45, 7) is 0. The van der Waals surface area contributed by atoms with Crippen LogP contribution in [-0.2, 0) is 0 Å². The second-order valence-electron chi connectivity index (χ2n) is 7.41. The summed E-state index contributed by atoms with van der Waals surface area (Å²) in [6, 6.07) is 12.6. The second-order valence-corrected chi connectivity index (χ2v) is 7.41. The minimum absolute atomic E-state index is 0.279. The molecule has 188 valence electrons. The highest BCUT2D eigenvalue weighted by Gasteiger charge is 2.15. The van der Waals surface area contributed by atoms with E-state index in [1.807, 2.05) is 30.4 Å². The van der Waals surface area contributed by atoms with Crippen molar-refractivity contribution in [2.45, 2.75) is 0 Å². The number of allylic oxidation sites excluding steroid dienone is 1. The first-order chi connectivity index (χ1) is 17.4. The largest absolute Gasteiger partial charge is 0.493 e. The van der Waals surface area contributed by atoms with Crippen molar-refractivity contribution in [3.63, 3.8) is 0 Å². The Bertz CT molecular complexity index is 1240. The zero-order valence-corrected chi connectivity index (χ0v) is 20.8.